The number of amides is 2. The van der Waals surface area contributed by atoms with Crippen molar-refractivity contribution in [3.8, 4) is 11.5 Å². The maximum atomic E-state index is 12.8. The number of piperidine rings is 1. The largest absolute Gasteiger partial charge is 0.448 e. The molecule has 2 amide bonds. The van der Waals surface area contributed by atoms with E-state index >= 15 is 0 Å². The zero-order valence-corrected chi connectivity index (χ0v) is 18.2. The molecule has 2 aromatic rings. The molecule has 5 rings (SSSR count). The predicted molar refractivity (Wildman–Crippen MR) is 121 cm³/mol. The number of anilines is 2. The SMILES string of the molecule is CN(C)C1CCN(c2ccc(NC(=O)N3CCC4(CC3)Oc3ccccc3O4)cc2)C1. The van der Waals surface area contributed by atoms with Crippen molar-refractivity contribution in [2.24, 2.45) is 0 Å². The van der Waals surface area contributed by atoms with Crippen LogP contribution in [-0.4, -0.2) is 67.9 Å². The molecule has 3 aliphatic heterocycles. The van der Waals surface area contributed by atoms with Gasteiger partial charge in [-0.15, -0.1) is 0 Å². The molecule has 1 unspecified atom stereocenters. The molecule has 0 saturated carbocycles. The monoisotopic (exact) mass is 422 g/mol. The average molecular weight is 423 g/mol. The molecule has 0 radical (unpaired) electrons. The summed E-state index contributed by atoms with van der Waals surface area (Å²) in [4.78, 5) is 19.3. The van der Waals surface area contributed by atoms with E-state index in [9.17, 15) is 4.79 Å². The number of benzene rings is 2. The van der Waals surface area contributed by atoms with Crippen molar-refractivity contribution in [1.82, 2.24) is 9.80 Å². The van der Waals surface area contributed by atoms with E-state index < -0.39 is 5.79 Å². The normalized spacial score (nSPS) is 21.7. The number of carbonyl (C=O) groups is 1. The van der Waals surface area contributed by atoms with Crippen LogP contribution in [-0.2, 0) is 0 Å². The van der Waals surface area contributed by atoms with Crippen LogP contribution >= 0.6 is 0 Å². The number of nitrogens with zero attached hydrogens (tertiary/aromatic N) is 3. The number of likely N-dealkylation sites (tertiary alicyclic amines) is 1. The average Bonchev–Trinajstić information content (AvgIpc) is 3.40. The molecular weight excluding hydrogens is 392 g/mol. The van der Waals surface area contributed by atoms with Gasteiger partial charge in [-0.3, -0.25) is 0 Å². The number of fused-ring (bicyclic) bond motifs is 1. The summed E-state index contributed by atoms with van der Waals surface area (Å²) in [5, 5.41) is 3.03. The lowest BCUT2D eigenvalue weighted by Gasteiger charge is -2.37. The third-order valence-corrected chi connectivity index (χ3v) is 6.63. The molecule has 0 aliphatic carbocycles. The summed E-state index contributed by atoms with van der Waals surface area (Å²) in [7, 11) is 4.28. The van der Waals surface area contributed by atoms with Crippen LogP contribution in [0.5, 0.6) is 11.5 Å². The van der Waals surface area contributed by atoms with Crippen LogP contribution in [0.25, 0.3) is 0 Å². The van der Waals surface area contributed by atoms with Gasteiger partial charge in [0.1, 0.15) is 0 Å². The number of hydrogen-bond acceptors (Lipinski definition) is 5. The van der Waals surface area contributed by atoms with Crippen molar-refractivity contribution in [3.05, 3.63) is 48.5 Å². The van der Waals surface area contributed by atoms with Crippen molar-refractivity contribution >= 4 is 17.4 Å². The molecule has 0 aromatic heterocycles. The minimum atomic E-state index is -0.637. The van der Waals surface area contributed by atoms with Gasteiger partial charge in [-0.1, -0.05) is 12.1 Å². The second-order valence-electron chi connectivity index (χ2n) is 8.88. The van der Waals surface area contributed by atoms with E-state index in [0.29, 0.717) is 32.0 Å². The van der Waals surface area contributed by atoms with Gasteiger partial charge in [0.15, 0.2) is 11.5 Å². The summed E-state index contributed by atoms with van der Waals surface area (Å²) in [5.74, 6) is 0.938. The molecule has 31 heavy (non-hydrogen) atoms. The Morgan fingerprint density at radius 3 is 2.23 bits per heavy atom. The van der Waals surface area contributed by atoms with Crippen molar-refractivity contribution in [1.29, 1.82) is 0 Å². The smallest absolute Gasteiger partial charge is 0.321 e. The van der Waals surface area contributed by atoms with Crippen LogP contribution in [0.3, 0.4) is 0 Å². The molecule has 2 fully saturated rings. The van der Waals surface area contributed by atoms with Crippen LogP contribution < -0.4 is 19.7 Å². The van der Waals surface area contributed by atoms with Gasteiger partial charge in [-0.25, -0.2) is 4.79 Å². The number of urea groups is 1. The first-order valence-corrected chi connectivity index (χ1v) is 11.1. The van der Waals surface area contributed by atoms with Gasteiger partial charge in [0.25, 0.3) is 5.79 Å². The molecule has 164 valence electrons. The third kappa shape index (κ3) is 4.02. The van der Waals surface area contributed by atoms with Gasteiger partial charge in [0, 0.05) is 56.4 Å². The summed E-state index contributed by atoms with van der Waals surface area (Å²) in [5.41, 5.74) is 2.02. The van der Waals surface area contributed by atoms with Crippen molar-refractivity contribution < 1.29 is 14.3 Å². The van der Waals surface area contributed by atoms with Crippen molar-refractivity contribution in [2.45, 2.75) is 31.1 Å². The van der Waals surface area contributed by atoms with Crippen LogP contribution in [0.1, 0.15) is 19.3 Å². The van der Waals surface area contributed by atoms with Gasteiger partial charge in [0.2, 0.25) is 0 Å². The number of para-hydroxylation sites is 2. The Bertz CT molecular complexity index is 911. The van der Waals surface area contributed by atoms with Crippen molar-refractivity contribution in [3.63, 3.8) is 0 Å². The van der Waals surface area contributed by atoms with Gasteiger partial charge in [0.05, 0.1) is 0 Å². The Morgan fingerprint density at radius 1 is 1.00 bits per heavy atom. The van der Waals surface area contributed by atoms with Crippen LogP contribution in [0, 0.1) is 0 Å². The van der Waals surface area contributed by atoms with Crippen LogP contribution in [0.2, 0.25) is 0 Å². The summed E-state index contributed by atoms with van der Waals surface area (Å²) < 4.78 is 12.2. The first-order chi connectivity index (χ1) is 15.0. The van der Waals surface area contributed by atoms with Gasteiger partial charge in [-0.2, -0.15) is 0 Å². The summed E-state index contributed by atoms with van der Waals surface area (Å²) in [6.45, 7) is 3.30. The minimum Gasteiger partial charge on any atom is -0.448 e. The van der Waals surface area contributed by atoms with E-state index in [0.717, 1.165) is 30.3 Å². The number of ether oxygens (including phenoxy) is 2. The van der Waals surface area contributed by atoms with Gasteiger partial charge in [-0.05, 0) is 56.9 Å². The molecule has 3 heterocycles. The predicted octanol–water partition coefficient (Wildman–Crippen LogP) is 3.62. The van der Waals surface area contributed by atoms with E-state index in [1.165, 1.54) is 12.1 Å². The molecule has 7 nitrogen and oxygen atoms in total. The Kier molecular flexibility index (Phi) is 5.14. The van der Waals surface area contributed by atoms with E-state index in [1.54, 1.807) is 0 Å². The number of hydrogen-bond donors (Lipinski definition) is 1. The van der Waals surface area contributed by atoms with Crippen LogP contribution in [0.15, 0.2) is 48.5 Å². The molecule has 0 bridgehead atoms. The van der Waals surface area contributed by atoms with E-state index in [-0.39, 0.29) is 6.03 Å². The Labute approximate surface area is 183 Å². The highest BCUT2D eigenvalue weighted by atomic mass is 16.7. The zero-order valence-electron chi connectivity index (χ0n) is 18.2. The number of rotatable bonds is 3. The van der Waals surface area contributed by atoms with Gasteiger partial charge < -0.3 is 29.5 Å². The maximum Gasteiger partial charge on any atom is 0.321 e. The Morgan fingerprint density at radius 2 is 1.65 bits per heavy atom. The fraction of sp³-hybridized carbons (Fsp3) is 0.458. The topological polar surface area (TPSA) is 57.3 Å². The van der Waals surface area contributed by atoms with Crippen molar-refractivity contribution in [2.75, 3.05) is 50.5 Å². The zero-order chi connectivity index (χ0) is 21.4. The summed E-state index contributed by atoms with van der Waals surface area (Å²) in [6.07, 6.45) is 2.48. The highest BCUT2D eigenvalue weighted by Gasteiger charge is 2.44. The number of carbonyl (C=O) groups excluding carboxylic acids is 1. The molecule has 3 aliphatic rings. The lowest BCUT2D eigenvalue weighted by atomic mass is 10.0. The van der Waals surface area contributed by atoms with E-state index in [2.05, 4.69) is 41.3 Å². The Hall–Kier alpha value is -2.93. The standard InChI is InChI=1S/C24H30N4O3/c1-26(2)20-11-14-28(17-20)19-9-7-18(8-10-19)25-23(29)27-15-12-24(13-16-27)30-21-5-3-4-6-22(21)31-24/h3-10,20H,11-17H2,1-2H3,(H,25,29). The molecule has 7 heteroatoms. The Balaban J connectivity index is 1.14. The molecule has 1 N–H and O–H groups in total. The third-order valence-electron chi connectivity index (χ3n) is 6.63. The quantitative estimate of drug-likeness (QED) is 0.819. The lowest BCUT2D eigenvalue weighted by molar-refractivity contribution is -0.112. The molecule has 1 spiro atoms. The minimum absolute atomic E-state index is 0.0769. The molecule has 2 aromatic carbocycles. The van der Waals surface area contributed by atoms with Gasteiger partial charge >= 0.3 is 6.03 Å². The second-order valence-corrected chi connectivity index (χ2v) is 8.88. The van der Waals surface area contributed by atoms with E-state index in [4.69, 9.17) is 9.47 Å². The number of likely N-dealkylation sites (N-methyl/N-ethyl adjacent to an activating group) is 1. The molecule has 2 saturated heterocycles. The first kappa shape index (κ1) is 20.0. The summed E-state index contributed by atoms with van der Waals surface area (Å²) >= 11 is 0. The fourth-order valence-corrected chi connectivity index (χ4v) is 4.65. The maximum absolute atomic E-state index is 12.8. The fourth-order valence-electron chi connectivity index (χ4n) is 4.65. The summed E-state index contributed by atoms with van der Waals surface area (Å²) in [6, 6.07) is 16.4. The molecule has 1 atom stereocenters. The molecular formula is C24H30N4O3. The second kappa shape index (κ2) is 7.96. The van der Waals surface area contributed by atoms with E-state index in [1.807, 2.05) is 41.3 Å². The lowest BCUT2D eigenvalue weighted by Crippen LogP contribution is -2.52. The number of nitrogens with one attached hydrogen (secondary N) is 1. The first-order valence-electron chi connectivity index (χ1n) is 11.1. The van der Waals surface area contributed by atoms with Crippen LogP contribution in [0.4, 0.5) is 16.2 Å². The highest BCUT2D eigenvalue weighted by Crippen LogP contribution is 2.43. The highest BCUT2D eigenvalue weighted by molar-refractivity contribution is 5.89.